The SMILES string of the molecule is O=C(N/N=C\c1ccco1)[C@H](O)[C@@H](O)[C@H](O)[C@H](O)CO. The Morgan fingerprint density at radius 2 is 2.05 bits per heavy atom. The van der Waals surface area contributed by atoms with Gasteiger partial charge < -0.3 is 29.9 Å². The zero-order chi connectivity index (χ0) is 15.1. The van der Waals surface area contributed by atoms with Crippen LogP contribution in [-0.2, 0) is 4.79 Å². The topological polar surface area (TPSA) is 156 Å². The predicted molar refractivity (Wildman–Crippen MR) is 65.6 cm³/mol. The molecule has 1 heterocycles. The van der Waals surface area contributed by atoms with Gasteiger partial charge in [-0.15, -0.1) is 0 Å². The molecular formula is C11H16N2O7. The third kappa shape index (κ3) is 4.40. The van der Waals surface area contributed by atoms with E-state index in [2.05, 4.69) is 5.10 Å². The number of aliphatic hydroxyl groups excluding tert-OH is 5. The van der Waals surface area contributed by atoms with Crippen LogP contribution in [0.3, 0.4) is 0 Å². The molecule has 0 aliphatic carbocycles. The Kier molecular flexibility index (Phi) is 6.28. The first-order valence-electron chi connectivity index (χ1n) is 5.67. The lowest BCUT2D eigenvalue weighted by Gasteiger charge is -2.24. The largest absolute Gasteiger partial charge is 0.463 e. The Balaban J connectivity index is 2.49. The summed E-state index contributed by atoms with van der Waals surface area (Å²) in [4.78, 5) is 11.4. The molecule has 0 aromatic carbocycles. The monoisotopic (exact) mass is 288 g/mol. The second-order valence-corrected chi connectivity index (χ2v) is 3.93. The highest BCUT2D eigenvalue weighted by atomic mass is 16.4. The quantitative estimate of drug-likeness (QED) is 0.233. The van der Waals surface area contributed by atoms with E-state index in [0.717, 1.165) is 6.21 Å². The molecule has 0 saturated heterocycles. The molecule has 0 bridgehead atoms. The van der Waals surface area contributed by atoms with Gasteiger partial charge in [0.05, 0.1) is 19.1 Å². The Labute approximate surface area is 113 Å². The Morgan fingerprint density at radius 3 is 2.60 bits per heavy atom. The van der Waals surface area contributed by atoms with Crippen molar-refractivity contribution in [1.29, 1.82) is 0 Å². The molecule has 0 radical (unpaired) electrons. The zero-order valence-electron chi connectivity index (χ0n) is 10.3. The first kappa shape index (κ1) is 16.3. The second kappa shape index (κ2) is 7.72. The number of carbonyl (C=O) groups excluding carboxylic acids is 1. The lowest BCUT2D eigenvalue weighted by Crippen LogP contribution is -2.50. The van der Waals surface area contributed by atoms with Gasteiger partial charge in [0, 0.05) is 0 Å². The molecule has 1 rings (SSSR count). The highest BCUT2D eigenvalue weighted by Gasteiger charge is 2.34. The Hall–Kier alpha value is -1.78. The normalized spacial score (nSPS) is 17.6. The molecule has 9 nitrogen and oxygen atoms in total. The van der Waals surface area contributed by atoms with E-state index in [0.29, 0.717) is 5.76 Å². The summed E-state index contributed by atoms with van der Waals surface area (Å²) in [6.07, 6.45) is -5.01. The standard InChI is InChI=1S/C11H16N2O7/c14-5-7(15)8(16)9(17)10(18)11(19)13-12-4-6-2-1-3-20-6/h1-4,7-10,14-18H,5H2,(H,13,19)/b12-4-/t7-,8-,9+,10-/m1/s1. The maximum atomic E-state index is 11.4. The summed E-state index contributed by atoms with van der Waals surface area (Å²) in [6.45, 7) is -0.830. The highest BCUT2D eigenvalue weighted by Crippen LogP contribution is 2.05. The third-order valence-electron chi connectivity index (χ3n) is 2.43. The number of furan rings is 1. The molecular weight excluding hydrogens is 272 g/mol. The molecule has 6 N–H and O–H groups in total. The average molecular weight is 288 g/mol. The van der Waals surface area contributed by atoms with Crippen LogP contribution in [0.1, 0.15) is 5.76 Å². The van der Waals surface area contributed by atoms with Gasteiger partial charge in [0.15, 0.2) is 6.10 Å². The summed E-state index contributed by atoms with van der Waals surface area (Å²) >= 11 is 0. The van der Waals surface area contributed by atoms with Crippen molar-refractivity contribution in [1.82, 2.24) is 5.43 Å². The molecule has 0 fully saturated rings. The van der Waals surface area contributed by atoms with Gasteiger partial charge in [0.1, 0.15) is 24.1 Å². The highest BCUT2D eigenvalue weighted by molar-refractivity contribution is 5.83. The van der Waals surface area contributed by atoms with E-state index >= 15 is 0 Å². The molecule has 1 aromatic rings. The smallest absolute Gasteiger partial charge is 0.271 e. The summed E-state index contributed by atoms with van der Waals surface area (Å²) < 4.78 is 4.89. The van der Waals surface area contributed by atoms with Gasteiger partial charge in [0.25, 0.3) is 5.91 Å². The van der Waals surface area contributed by atoms with E-state index in [4.69, 9.17) is 14.6 Å². The van der Waals surface area contributed by atoms with Crippen molar-refractivity contribution in [3.63, 3.8) is 0 Å². The number of nitrogens with zero attached hydrogens (tertiary/aromatic N) is 1. The van der Waals surface area contributed by atoms with Crippen molar-refractivity contribution in [3.8, 4) is 0 Å². The fraction of sp³-hybridized carbons (Fsp3) is 0.455. The van der Waals surface area contributed by atoms with Gasteiger partial charge in [-0.3, -0.25) is 4.79 Å². The third-order valence-corrected chi connectivity index (χ3v) is 2.43. The number of aliphatic hydroxyl groups is 5. The van der Waals surface area contributed by atoms with E-state index < -0.39 is 36.9 Å². The fourth-order valence-corrected chi connectivity index (χ4v) is 1.27. The van der Waals surface area contributed by atoms with Crippen LogP contribution in [0.5, 0.6) is 0 Å². The number of nitrogens with one attached hydrogen (secondary N) is 1. The molecule has 0 spiro atoms. The first-order valence-corrected chi connectivity index (χ1v) is 5.67. The number of hydrogen-bond donors (Lipinski definition) is 6. The first-order chi connectivity index (χ1) is 9.47. The van der Waals surface area contributed by atoms with Crippen molar-refractivity contribution in [2.45, 2.75) is 24.4 Å². The lowest BCUT2D eigenvalue weighted by molar-refractivity contribution is -0.148. The van der Waals surface area contributed by atoms with Gasteiger partial charge in [0.2, 0.25) is 0 Å². The zero-order valence-corrected chi connectivity index (χ0v) is 10.3. The number of amides is 1. The summed E-state index contributed by atoms with van der Waals surface area (Å²) in [6, 6.07) is 3.18. The molecule has 1 amide bonds. The molecule has 1 aromatic heterocycles. The summed E-state index contributed by atoms with van der Waals surface area (Å²) in [5.41, 5.74) is 1.92. The van der Waals surface area contributed by atoms with Crippen molar-refractivity contribution in [2.75, 3.05) is 6.61 Å². The summed E-state index contributed by atoms with van der Waals surface area (Å²) in [5.74, 6) is -0.736. The van der Waals surface area contributed by atoms with Crippen molar-refractivity contribution in [3.05, 3.63) is 24.2 Å². The minimum atomic E-state index is -2.03. The number of carbonyl (C=O) groups is 1. The van der Waals surface area contributed by atoms with Crippen LogP contribution in [0, 0.1) is 0 Å². The Morgan fingerprint density at radius 1 is 1.35 bits per heavy atom. The maximum absolute atomic E-state index is 11.4. The van der Waals surface area contributed by atoms with Gasteiger partial charge in [-0.05, 0) is 12.1 Å². The van der Waals surface area contributed by atoms with E-state index in [1.54, 1.807) is 12.1 Å². The van der Waals surface area contributed by atoms with E-state index in [-0.39, 0.29) is 0 Å². The molecule has 9 heteroatoms. The number of hydrogen-bond acceptors (Lipinski definition) is 8. The molecule has 20 heavy (non-hydrogen) atoms. The lowest BCUT2D eigenvalue weighted by atomic mass is 10.0. The summed E-state index contributed by atoms with van der Waals surface area (Å²) in [7, 11) is 0. The van der Waals surface area contributed by atoms with Gasteiger partial charge in [-0.25, -0.2) is 5.43 Å². The van der Waals surface area contributed by atoms with Crippen molar-refractivity contribution >= 4 is 12.1 Å². The van der Waals surface area contributed by atoms with Crippen LogP contribution in [0.25, 0.3) is 0 Å². The minimum Gasteiger partial charge on any atom is -0.463 e. The number of hydrazone groups is 1. The number of rotatable bonds is 7. The van der Waals surface area contributed by atoms with E-state index in [1.807, 2.05) is 5.43 Å². The van der Waals surface area contributed by atoms with Gasteiger partial charge >= 0.3 is 0 Å². The van der Waals surface area contributed by atoms with Crippen LogP contribution in [0.15, 0.2) is 27.9 Å². The van der Waals surface area contributed by atoms with E-state index in [1.165, 1.54) is 6.26 Å². The van der Waals surface area contributed by atoms with Crippen molar-refractivity contribution < 1.29 is 34.7 Å². The van der Waals surface area contributed by atoms with Crippen LogP contribution in [-0.4, -0.2) is 68.7 Å². The molecule has 0 aliphatic heterocycles. The molecule has 0 aliphatic rings. The van der Waals surface area contributed by atoms with Crippen molar-refractivity contribution in [2.24, 2.45) is 5.10 Å². The van der Waals surface area contributed by atoms with Crippen LogP contribution < -0.4 is 5.43 Å². The van der Waals surface area contributed by atoms with Crippen LogP contribution >= 0.6 is 0 Å². The fourth-order valence-electron chi connectivity index (χ4n) is 1.27. The summed E-state index contributed by atoms with van der Waals surface area (Å²) in [5, 5.41) is 49.3. The van der Waals surface area contributed by atoms with Crippen LogP contribution in [0.4, 0.5) is 0 Å². The van der Waals surface area contributed by atoms with Gasteiger partial charge in [-0.2, -0.15) is 5.10 Å². The average Bonchev–Trinajstić information content (AvgIpc) is 2.97. The molecule has 0 saturated carbocycles. The second-order valence-electron chi connectivity index (χ2n) is 3.93. The predicted octanol–water partition coefficient (Wildman–Crippen LogP) is -2.83. The minimum absolute atomic E-state index is 0.357. The van der Waals surface area contributed by atoms with Gasteiger partial charge in [-0.1, -0.05) is 0 Å². The van der Waals surface area contributed by atoms with E-state index in [9.17, 15) is 20.1 Å². The Bertz CT molecular complexity index is 434. The molecule has 0 unspecified atom stereocenters. The van der Waals surface area contributed by atoms with Crippen LogP contribution in [0.2, 0.25) is 0 Å². The molecule has 4 atom stereocenters. The molecule has 112 valence electrons. The maximum Gasteiger partial charge on any atom is 0.271 e.